The zero-order valence-corrected chi connectivity index (χ0v) is 17.2. The predicted molar refractivity (Wildman–Crippen MR) is 118 cm³/mol. The van der Waals surface area contributed by atoms with Crippen LogP contribution < -0.4 is 10.2 Å². The van der Waals surface area contributed by atoms with Crippen molar-refractivity contribution in [3.63, 3.8) is 0 Å². The second-order valence-corrected chi connectivity index (χ2v) is 7.16. The maximum absolute atomic E-state index is 12.4. The maximum Gasteiger partial charge on any atom is 0.248 e. The molecule has 30 heavy (non-hydrogen) atoms. The Balaban J connectivity index is 1.42. The Kier molecular flexibility index (Phi) is 5.90. The van der Waals surface area contributed by atoms with E-state index in [0.717, 1.165) is 41.5 Å². The molecule has 0 atom stereocenters. The minimum Gasteiger partial charge on any atom is -0.378 e. The van der Waals surface area contributed by atoms with Crippen LogP contribution in [0, 0.1) is 13.8 Å². The molecule has 4 rings (SSSR count). The first kappa shape index (κ1) is 19.8. The van der Waals surface area contributed by atoms with Gasteiger partial charge in [0.1, 0.15) is 5.82 Å². The molecular weight excluding hydrogens is 378 g/mol. The molecule has 1 fully saturated rings. The first-order valence-corrected chi connectivity index (χ1v) is 10.0. The Hall–Kier alpha value is -3.45. The third-order valence-electron chi connectivity index (χ3n) is 5.10. The topological polar surface area (TPSA) is 72.3 Å². The first-order chi connectivity index (χ1) is 14.6. The number of pyridine rings is 1. The minimum atomic E-state index is -0.206. The normalized spacial score (nSPS) is 14.3. The molecule has 0 aliphatic carbocycles. The summed E-state index contributed by atoms with van der Waals surface area (Å²) in [5, 5.41) is 7.47. The highest BCUT2D eigenvalue weighted by molar-refractivity contribution is 6.02. The largest absolute Gasteiger partial charge is 0.378 e. The van der Waals surface area contributed by atoms with Gasteiger partial charge >= 0.3 is 0 Å². The quantitative estimate of drug-likeness (QED) is 0.662. The number of ether oxygens (including phenoxy) is 1. The van der Waals surface area contributed by atoms with Crippen molar-refractivity contribution in [1.29, 1.82) is 0 Å². The van der Waals surface area contributed by atoms with E-state index in [-0.39, 0.29) is 5.91 Å². The van der Waals surface area contributed by atoms with Crippen LogP contribution >= 0.6 is 0 Å². The van der Waals surface area contributed by atoms with E-state index in [1.807, 2.05) is 67.1 Å². The van der Waals surface area contributed by atoms with Crippen molar-refractivity contribution in [3.05, 3.63) is 71.7 Å². The number of para-hydroxylation sites is 1. The fourth-order valence-electron chi connectivity index (χ4n) is 3.50. The van der Waals surface area contributed by atoms with Gasteiger partial charge < -0.3 is 15.0 Å². The summed E-state index contributed by atoms with van der Waals surface area (Å²) in [6.07, 6.45) is 5.02. The summed E-state index contributed by atoms with van der Waals surface area (Å²) in [6, 6.07) is 13.7. The molecule has 1 amide bonds. The number of nitrogens with one attached hydrogen (secondary N) is 1. The molecule has 7 heteroatoms. The zero-order valence-electron chi connectivity index (χ0n) is 17.2. The van der Waals surface area contributed by atoms with Crippen LogP contribution in [-0.2, 0) is 9.53 Å². The lowest BCUT2D eigenvalue weighted by atomic mass is 10.2. The predicted octanol–water partition coefficient (Wildman–Crippen LogP) is 3.37. The molecular formula is C23H25N5O2. The van der Waals surface area contributed by atoms with Crippen molar-refractivity contribution in [2.45, 2.75) is 13.8 Å². The molecule has 0 bridgehead atoms. The van der Waals surface area contributed by atoms with Gasteiger partial charge in [-0.25, -0.2) is 9.67 Å². The molecule has 1 aliphatic heterocycles. The molecule has 2 aromatic heterocycles. The number of morpholine rings is 1. The summed E-state index contributed by atoms with van der Waals surface area (Å²) >= 11 is 0. The van der Waals surface area contributed by atoms with Gasteiger partial charge in [0.25, 0.3) is 0 Å². The molecule has 3 aromatic rings. The highest BCUT2D eigenvalue weighted by Gasteiger charge is 2.13. The maximum atomic E-state index is 12.4. The molecule has 0 spiro atoms. The molecule has 7 nitrogen and oxygen atoms in total. The van der Waals surface area contributed by atoms with E-state index in [2.05, 4.69) is 20.3 Å². The zero-order chi connectivity index (χ0) is 20.9. The van der Waals surface area contributed by atoms with Crippen LogP contribution in [0.1, 0.15) is 17.0 Å². The Morgan fingerprint density at radius 1 is 1.10 bits per heavy atom. The summed E-state index contributed by atoms with van der Waals surface area (Å²) in [4.78, 5) is 19.0. The smallest absolute Gasteiger partial charge is 0.248 e. The Labute approximate surface area is 176 Å². The lowest BCUT2D eigenvalue weighted by Crippen LogP contribution is -2.36. The van der Waals surface area contributed by atoms with Crippen molar-refractivity contribution in [3.8, 4) is 5.69 Å². The first-order valence-electron chi connectivity index (χ1n) is 10.0. The van der Waals surface area contributed by atoms with Gasteiger partial charge in [-0.2, -0.15) is 5.10 Å². The fourth-order valence-corrected chi connectivity index (χ4v) is 3.50. The number of nitrogens with zero attached hydrogens (tertiary/aromatic N) is 4. The number of aromatic nitrogens is 3. The van der Waals surface area contributed by atoms with Crippen molar-refractivity contribution in [2.24, 2.45) is 0 Å². The van der Waals surface area contributed by atoms with E-state index >= 15 is 0 Å². The van der Waals surface area contributed by atoms with Crippen LogP contribution in [0.4, 0.5) is 11.5 Å². The Morgan fingerprint density at radius 2 is 1.87 bits per heavy atom. The molecule has 154 valence electrons. The van der Waals surface area contributed by atoms with E-state index in [1.165, 1.54) is 6.08 Å². The number of amides is 1. The second kappa shape index (κ2) is 8.92. The summed E-state index contributed by atoms with van der Waals surface area (Å²) in [5.74, 6) is 0.689. The lowest BCUT2D eigenvalue weighted by molar-refractivity contribution is -0.111. The van der Waals surface area contributed by atoms with Gasteiger partial charge in [-0.1, -0.05) is 18.2 Å². The number of benzene rings is 1. The molecule has 1 aromatic carbocycles. The summed E-state index contributed by atoms with van der Waals surface area (Å²) < 4.78 is 7.25. The van der Waals surface area contributed by atoms with Crippen LogP contribution in [0.5, 0.6) is 0 Å². The van der Waals surface area contributed by atoms with Crippen molar-refractivity contribution < 1.29 is 9.53 Å². The average Bonchev–Trinajstić information content (AvgIpc) is 3.07. The molecule has 0 radical (unpaired) electrons. The van der Waals surface area contributed by atoms with Gasteiger partial charge in [0.05, 0.1) is 36.5 Å². The minimum absolute atomic E-state index is 0.206. The summed E-state index contributed by atoms with van der Waals surface area (Å²) in [6.45, 7) is 7.03. The fraction of sp³-hybridized carbons (Fsp3) is 0.261. The van der Waals surface area contributed by atoms with Gasteiger partial charge in [-0.3, -0.25) is 4.79 Å². The number of carbonyl (C=O) groups is 1. The standard InChI is InChI=1S/C23H25N5O2/c1-17-21(18(2)28(26-17)20-6-4-3-5-7-20)9-11-23(29)25-19-8-10-22(24-16-19)27-12-14-30-15-13-27/h3-11,16H,12-15H2,1-2H3,(H,25,29)/b11-9+. The average molecular weight is 403 g/mol. The molecule has 0 unspecified atom stereocenters. The Morgan fingerprint density at radius 3 is 2.57 bits per heavy atom. The van der Waals surface area contributed by atoms with E-state index in [1.54, 1.807) is 6.20 Å². The van der Waals surface area contributed by atoms with Crippen molar-refractivity contribution in [2.75, 3.05) is 36.5 Å². The third-order valence-corrected chi connectivity index (χ3v) is 5.10. The SMILES string of the molecule is Cc1nn(-c2ccccc2)c(C)c1/C=C/C(=O)Nc1ccc(N2CCOCC2)nc1. The number of carbonyl (C=O) groups excluding carboxylic acids is 1. The van der Waals surface area contributed by atoms with E-state index in [9.17, 15) is 4.79 Å². The molecule has 0 saturated carbocycles. The number of rotatable bonds is 5. The summed E-state index contributed by atoms with van der Waals surface area (Å²) in [7, 11) is 0. The van der Waals surface area contributed by atoms with E-state index in [0.29, 0.717) is 18.9 Å². The highest BCUT2D eigenvalue weighted by atomic mass is 16.5. The van der Waals surface area contributed by atoms with Crippen LogP contribution in [0.25, 0.3) is 11.8 Å². The van der Waals surface area contributed by atoms with Gasteiger partial charge in [0.2, 0.25) is 5.91 Å². The number of aryl methyl sites for hydroxylation is 1. The van der Waals surface area contributed by atoms with Gasteiger partial charge in [0.15, 0.2) is 0 Å². The molecule has 1 aliphatic rings. The van der Waals surface area contributed by atoms with Gasteiger partial charge in [-0.05, 0) is 44.2 Å². The van der Waals surface area contributed by atoms with Gasteiger partial charge in [0, 0.05) is 30.4 Å². The third kappa shape index (κ3) is 4.41. The highest BCUT2D eigenvalue weighted by Crippen LogP contribution is 2.19. The van der Waals surface area contributed by atoms with Crippen LogP contribution in [0.15, 0.2) is 54.7 Å². The van der Waals surface area contributed by atoms with E-state index < -0.39 is 0 Å². The monoisotopic (exact) mass is 403 g/mol. The lowest BCUT2D eigenvalue weighted by Gasteiger charge is -2.27. The molecule has 1 saturated heterocycles. The van der Waals surface area contributed by atoms with Crippen LogP contribution in [0.2, 0.25) is 0 Å². The second-order valence-electron chi connectivity index (χ2n) is 7.16. The van der Waals surface area contributed by atoms with Crippen molar-refractivity contribution in [1.82, 2.24) is 14.8 Å². The van der Waals surface area contributed by atoms with Gasteiger partial charge in [-0.15, -0.1) is 0 Å². The van der Waals surface area contributed by atoms with Crippen LogP contribution in [0.3, 0.4) is 0 Å². The van der Waals surface area contributed by atoms with Crippen LogP contribution in [-0.4, -0.2) is 47.0 Å². The number of hydrogen-bond acceptors (Lipinski definition) is 5. The van der Waals surface area contributed by atoms with Crippen molar-refractivity contribution >= 4 is 23.5 Å². The Bertz CT molecular complexity index is 1040. The molecule has 1 N–H and O–H groups in total. The number of hydrogen-bond donors (Lipinski definition) is 1. The summed E-state index contributed by atoms with van der Waals surface area (Å²) in [5.41, 5.74) is 4.45. The van der Waals surface area contributed by atoms with E-state index in [4.69, 9.17) is 4.74 Å². The molecule has 3 heterocycles. The number of anilines is 2.